The fourth-order valence-electron chi connectivity index (χ4n) is 2.02. The summed E-state index contributed by atoms with van der Waals surface area (Å²) in [6.45, 7) is 0.416. The highest BCUT2D eigenvalue weighted by Crippen LogP contribution is 2.24. The molecule has 11 heteroatoms. The van der Waals surface area contributed by atoms with E-state index < -0.39 is 6.36 Å². The van der Waals surface area contributed by atoms with E-state index in [-0.39, 0.29) is 24.7 Å². The first kappa shape index (κ1) is 17.8. The summed E-state index contributed by atoms with van der Waals surface area (Å²) in [5.74, 6) is -0.285. The van der Waals surface area contributed by atoms with Crippen molar-refractivity contribution in [3.63, 3.8) is 0 Å². The maximum absolute atomic E-state index is 12.1. The number of aromatic nitrogens is 4. The molecule has 0 saturated heterocycles. The normalized spacial score (nSPS) is 11.3. The van der Waals surface area contributed by atoms with E-state index >= 15 is 0 Å². The van der Waals surface area contributed by atoms with Crippen LogP contribution in [0.5, 0.6) is 5.75 Å². The van der Waals surface area contributed by atoms with Gasteiger partial charge in [0.25, 0.3) is 0 Å². The number of nitrogens with zero attached hydrogens (tertiary/aromatic N) is 4. The van der Waals surface area contributed by atoms with Crippen molar-refractivity contribution >= 4 is 11.3 Å². The maximum atomic E-state index is 12.1. The van der Waals surface area contributed by atoms with Crippen molar-refractivity contribution in [1.82, 2.24) is 20.4 Å². The van der Waals surface area contributed by atoms with Gasteiger partial charge in [0.15, 0.2) is 5.69 Å². The number of hydrogen-bond acceptors (Lipinski definition) is 7. The topological polar surface area (TPSA) is 96.7 Å². The number of H-pyrrole nitrogens is 1. The van der Waals surface area contributed by atoms with Gasteiger partial charge in [-0.3, -0.25) is 0 Å². The van der Waals surface area contributed by atoms with Gasteiger partial charge in [-0.25, -0.2) is 4.98 Å². The highest BCUT2D eigenvalue weighted by Gasteiger charge is 2.30. The first-order valence-corrected chi connectivity index (χ1v) is 8.00. The van der Waals surface area contributed by atoms with E-state index in [1.807, 2.05) is 6.07 Å². The molecular weight excluding hydrogens is 371 g/mol. The number of ether oxygens (including phenoxy) is 2. The summed E-state index contributed by atoms with van der Waals surface area (Å²) in [4.78, 5) is 4.32. The molecule has 0 unspecified atom stereocenters. The van der Waals surface area contributed by atoms with Gasteiger partial charge in [0.1, 0.15) is 28.2 Å². The molecule has 0 spiro atoms. The number of rotatable bonds is 6. The molecule has 2 aromatic heterocycles. The number of hydrogen-bond donors (Lipinski definition) is 1. The van der Waals surface area contributed by atoms with Crippen molar-refractivity contribution in [3.05, 3.63) is 45.9 Å². The lowest BCUT2D eigenvalue weighted by Gasteiger charge is -2.09. The Bertz CT molecular complexity index is 915. The van der Waals surface area contributed by atoms with Crippen molar-refractivity contribution < 1.29 is 22.6 Å². The number of nitriles is 1. The summed E-state index contributed by atoms with van der Waals surface area (Å²) in [6.07, 6.45) is -4.71. The molecule has 2 heterocycles. The van der Waals surface area contributed by atoms with E-state index in [1.165, 1.54) is 35.6 Å². The van der Waals surface area contributed by atoms with Crippen LogP contribution in [-0.4, -0.2) is 26.8 Å². The number of alkyl halides is 3. The van der Waals surface area contributed by atoms with Crippen LogP contribution in [-0.2, 0) is 18.0 Å². The summed E-state index contributed by atoms with van der Waals surface area (Å²) >= 11 is 1.34. The molecule has 0 aliphatic heterocycles. The molecule has 3 rings (SSSR count). The van der Waals surface area contributed by atoms with E-state index in [0.717, 1.165) is 0 Å². The average Bonchev–Trinajstić information content (AvgIpc) is 3.23. The average molecular weight is 381 g/mol. The Kier molecular flexibility index (Phi) is 5.15. The lowest BCUT2D eigenvalue weighted by atomic mass is 10.2. The molecule has 0 atom stereocenters. The minimum Gasteiger partial charge on any atom is -0.406 e. The van der Waals surface area contributed by atoms with Crippen LogP contribution in [0.1, 0.15) is 16.3 Å². The number of nitrogens with one attached hydrogen (secondary N) is 1. The molecular formula is C15H10F3N5O2S. The van der Waals surface area contributed by atoms with Gasteiger partial charge in [-0.2, -0.15) is 15.6 Å². The Labute approximate surface area is 149 Å². The van der Waals surface area contributed by atoms with Gasteiger partial charge in [0.2, 0.25) is 0 Å². The highest BCUT2D eigenvalue weighted by molar-refractivity contribution is 7.09. The van der Waals surface area contributed by atoms with Crippen molar-refractivity contribution in [3.8, 4) is 23.2 Å². The Morgan fingerprint density at radius 2 is 1.92 bits per heavy atom. The summed E-state index contributed by atoms with van der Waals surface area (Å²) in [7, 11) is 0. The lowest BCUT2D eigenvalue weighted by molar-refractivity contribution is -0.274. The van der Waals surface area contributed by atoms with Gasteiger partial charge in [0.05, 0.1) is 13.2 Å². The first-order chi connectivity index (χ1) is 12.4. The fourth-order valence-corrected chi connectivity index (χ4v) is 2.73. The predicted molar refractivity (Wildman–Crippen MR) is 83.8 cm³/mol. The Morgan fingerprint density at radius 3 is 2.62 bits per heavy atom. The number of benzene rings is 1. The molecule has 0 aliphatic rings. The molecule has 0 bridgehead atoms. The molecule has 0 saturated carbocycles. The van der Waals surface area contributed by atoms with Crippen LogP contribution in [0.2, 0.25) is 0 Å². The van der Waals surface area contributed by atoms with Crippen molar-refractivity contribution in [2.24, 2.45) is 0 Å². The van der Waals surface area contributed by atoms with Crippen molar-refractivity contribution in [2.75, 3.05) is 0 Å². The fraction of sp³-hybridized carbons (Fsp3) is 0.200. The second kappa shape index (κ2) is 7.51. The van der Waals surface area contributed by atoms with Gasteiger partial charge in [-0.15, -0.1) is 29.6 Å². The summed E-state index contributed by atoms with van der Waals surface area (Å²) < 4.78 is 45.6. The molecule has 7 nitrogen and oxygen atoms in total. The van der Waals surface area contributed by atoms with Gasteiger partial charge in [-0.1, -0.05) is 12.1 Å². The SMILES string of the molecule is N#Cc1n[nH]nc1-c1csc(COCc2ccc(OC(F)(F)F)cc2)n1. The minimum absolute atomic E-state index is 0.156. The first-order valence-electron chi connectivity index (χ1n) is 7.12. The molecule has 1 aromatic carbocycles. The lowest BCUT2D eigenvalue weighted by Crippen LogP contribution is -2.17. The van der Waals surface area contributed by atoms with E-state index in [4.69, 9.17) is 10.00 Å². The van der Waals surface area contributed by atoms with Crippen LogP contribution in [0.15, 0.2) is 29.6 Å². The molecule has 134 valence electrons. The van der Waals surface area contributed by atoms with Crippen LogP contribution in [0.4, 0.5) is 13.2 Å². The maximum Gasteiger partial charge on any atom is 0.573 e. The number of aromatic amines is 1. The van der Waals surface area contributed by atoms with E-state index in [9.17, 15) is 13.2 Å². The van der Waals surface area contributed by atoms with Crippen LogP contribution >= 0.6 is 11.3 Å². The zero-order valence-corrected chi connectivity index (χ0v) is 13.8. The summed E-state index contributed by atoms with van der Waals surface area (Å²) in [5.41, 5.74) is 1.74. The van der Waals surface area contributed by atoms with Crippen LogP contribution in [0, 0.1) is 11.3 Å². The molecule has 0 fully saturated rings. The monoisotopic (exact) mass is 381 g/mol. The molecule has 1 N–H and O–H groups in total. The van der Waals surface area contributed by atoms with Crippen molar-refractivity contribution in [1.29, 1.82) is 5.26 Å². The summed E-state index contributed by atoms with van der Waals surface area (Å²) in [6, 6.07) is 7.34. The largest absolute Gasteiger partial charge is 0.573 e. The quantitative estimate of drug-likeness (QED) is 0.703. The van der Waals surface area contributed by atoms with Gasteiger partial charge < -0.3 is 9.47 Å². The van der Waals surface area contributed by atoms with E-state index in [2.05, 4.69) is 25.1 Å². The number of halogens is 3. The van der Waals surface area contributed by atoms with Crippen molar-refractivity contribution in [2.45, 2.75) is 19.6 Å². The molecule has 3 aromatic rings. The molecule has 0 amide bonds. The third-order valence-corrected chi connectivity index (χ3v) is 3.92. The third kappa shape index (κ3) is 4.56. The van der Waals surface area contributed by atoms with Gasteiger partial charge in [-0.05, 0) is 17.7 Å². The molecule has 0 radical (unpaired) electrons. The highest BCUT2D eigenvalue weighted by atomic mass is 32.1. The Balaban J connectivity index is 1.53. The zero-order chi connectivity index (χ0) is 18.6. The molecule has 0 aliphatic carbocycles. The van der Waals surface area contributed by atoms with E-state index in [1.54, 1.807) is 5.38 Å². The van der Waals surface area contributed by atoms with Gasteiger partial charge in [0, 0.05) is 5.38 Å². The second-order valence-corrected chi connectivity index (χ2v) is 5.89. The third-order valence-electron chi connectivity index (χ3n) is 3.10. The minimum atomic E-state index is -4.71. The van der Waals surface area contributed by atoms with Crippen LogP contribution in [0.25, 0.3) is 11.4 Å². The Morgan fingerprint density at radius 1 is 1.15 bits per heavy atom. The van der Waals surface area contributed by atoms with E-state index in [0.29, 0.717) is 22.0 Å². The number of thiazole rings is 1. The van der Waals surface area contributed by atoms with Gasteiger partial charge >= 0.3 is 6.36 Å². The van der Waals surface area contributed by atoms with Crippen LogP contribution in [0.3, 0.4) is 0 Å². The summed E-state index contributed by atoms with van der Waals surface area (Å²) in [5, 5.41) is 21.3. The Hall–Kier alpha value is -2.97. The van der Waals surface area contributed by atoms with Crippen LogP contribution < -0.4 is 4.74 Å². The standard InChI is InChI=1S/C15H10F3N5O2S/c16-15(17,18)25-10-3-1-9(2-4-10)6-24-7-13-20-12(8-26-13)14-11(5-19)21-23-22-14/h1-4,8H,6-7H2,(H,21,22,23). The smallest absolute Gasteiger partial charge is 0.406 e. The predicted octanol–water partition coefficient (Wildman–Crippen LogP) is 3.42. The molecule has 26 heavy (non-hydrogen) atoms. The second-order valence-electron chi connectivity index (χ2n) is 4.94. The zero-order valence-electron chi connectivity index (χ0n) is 12.9.